The van der Waals surface area contributed by atoms with Crippen LogP contribution in [0.3, 0.4) is 0 Å². The molecular formula is C17H18N2O6S. The van der Waals surface area contributed by atoms with Crippen molar-refractivity contribution in [1.82, 2.24) is 0 Å². The number of rotatable bonds is 5. The lowest BCUT2D eigenvalue weighted by Crippen LogP contribution is -2.26. The van der Waals surface area contributed by atoms with E-state index in [4.69, 9.17) is 14.2 Å². The molecule has 3 rings (SSSR count). The minimum absolute atomic E-state index is 0.0391. The number of aryl methyl sites for hydroxylation is 1. The van der Waals surface area contributed by atoms with Crippen LogP contribution in [0.1, 0.15) is 5.56 Å². The molecule has 0 unspecified atom stereocenters. The summed E-state index contributed by atoms with van der Waals surface area (Å²) in [4.78, 5) is 11.4. The summed E-state index contributed by atoms with van der Waals surface area (Å²) in [5.41, 5.74) is 1.15. The van der Waals surface area contributed by atoms with E-state index in [1.54, 1.807) is 25.1 Å². The molecule has 1 amide bonds. The predicted octanol–water partition coefficient (Wildman–Crippen LogP) is 2.14. The third kappa shape index (κ3) is 3.38. The Bertz CT molecular complexity index is 971. The minimum atomic E-state index is -3.93. The molecule has 2 N–H and O–H groups in total. The van der Waals surface area contributed by atoms with Gasteiger partial charge in [0, 0.05) is 12.1 Å². The van der Waals surface area contributed by atoms with Gasteiger partial charge in [0.1, 0.15) is 17.2 Å². The van der Waals surface area contributed by atoms with Gasteiger partial charge in [0.05, 0.1) is 30.5 Å². The number of benzene rings is 2. The Morgan fingerprint density at radius 3 is 2.62 bits per heavy atom. The fourth-order valence-electron chi connectivity index (χ4n) is 2.60. The number of hydrogen-bond donors (Lipinski definition) is 2. The molecule has 9 heteroatoms. The zero-order valence-corrected chi connectivity index (χ0v) is 15.3. The molecule has 1 aliphatic rings. The standard InChI is InChI=1S/C17H18N2O6S/c1-10-6-12-15(25-9-17(20)18-12)8-16(10)26(21,22)19-13-7-11(23-2)4-5-14(13)24-3/h4-8,19H,9H2,1-3H3,(H,18,20). The van der Waals surface area contributed by atoms with Crippen LogP contribution in [0.5, 0.6) is 17.2 Å². The van der Waals surface area contributed by atoms with Crippen molar-refractivity contribution in [3.63, 3.8) is 0 Å². The molecule has 0 saturated carbocycles. The smallest absolute Gasteiger partial charge is 0.262 e. The second kappa shape index (κ2) is 6.75. The van der Waals surface area contributed by atoms with Crippen LogP contribution in [0, 0.1) is 6.92 Å². The maximum absolute atomic E-state index is 12.9. The lowest BCUT2D eigenvalue weighted by atomic mass is 10.2. The van der Waals surface area contributed by atoms with Crippen molar-refractivity contribution >= 4 is 27.3 Å². The van der Waals surface area contributed by atoms with Crippen LogP contribution >= 0.6 is 0 Å². The molecule has 1 heterocycles. The van der Waals surface area contributed by atoms with Crippen molar-refractivity contribution < 1.29 is 27.4 Å². The molecule has 2 aromatic carbocycles. The normalized spacial score (nSPS) is 13.3. The average molecular weight is 378 g/mol. The van der Waals surface area contributed by atoms with Gasteiger partial charge in [-0.15, -0.1) is 0 Å². The van der Waals surface area contributed by atoms with Crippen molar-refractivity contribution in [3.8, 4) is 17.2 Å². The first kappa shape index (κ1) is 17.9. The van der Waals surface area contributed by atoms with Crippen LogP contribution < -0.4 is 24.2 Å². The highest BCUT2D eigenvalue weighted by Crippen LogP contribution is 2.35. The molecule has 138 valence electrons. The van der Waals surface area contributed by atoms with Crippen molar-refractivity contribution in [2.75, 3.05) is 30.9 Å². The lowest BCUT2D eigenvalue weighted by Gasteiger charge is -2.20. The minimum Gasteiger partial charge on any atom is -0.497 e. The molecular weight excluding hydrogens is 360 g/mol. The zero-order valence-electron chi connectivity index (χ0n) is 14.5. The maximum Gasteiger partial charge on any atom is 0.262 e. The first-order valence-corrected chi connectivity index (χ1v) is 9.14. The second-order valence-corrected chi connectivity index (χ2v) is 7.27. The fraction of sp³-hybridized carbons (Fsp3) is 0.235. The number of sulfonamides is 1. The first-order valence-electron chi connectivity index (χ1n) is 7.66. The number of carbonyl (C=O) groups excluding carboxylic acids is 1. The molecule has 0 atom stereocenters. The highest BCUT2D eigenvalue weighted by Gasteiger charge is 2.24. The molecule has 0 fully saturated rings. The van der Waals surface area contributed by atoms with Crippen molar-refractivity contribution in [2.24, 2.45) is 0 Å². The predicted molar refractivity (Wildman–Crippen MR) is 95.7 cm³/mol. The molecule has 0 radical (unpaired) electrons. The SMILES string of the molecule is COc1ccc(OC)c(NS(=O)(=O)c2cc3c(cc2C)NC(=O)CO3)c1. The van der Waals surface area contributed by atoms with E-state index in [9.17, 15) is 13.2 Å². The highest BCUT2D eigenvalue weighted by molar-refractivity contribution is 7.92. The summed E-state index contributed by atoms with van der Waals surface area (Å²) >= 11 is 0. The van der Waals surface area contributed by atoms with Crippen LogP contribution in [0.2, 0.25) is 0 Å². The summed E-state index contributed by atoms with van der Waals surface area (Å²) in [6.07, 6.45) is 0. The van der Waals surface area contributed by atoms with Gasteiger partial charge in [-0.05, 0) is 30.7 Å². The molecule has 1 aliphatic heterocycles. The van der Waals surface area contributed by atoms with Crippen molar-refractivity contribution in [2.45, 2.75) is 11.8 Å². The summed E-state index contributed by atoms with van der Waals surface area (Å²) in [7, 11) is -0.997. The molecule has 0 aliphatic carbocycles. The van der Waals surface area contributed by atoms with E-state index < -0.39 is 10.0 Å². The number of nitrogens with one attached hydrogen (secondary N) is 2. The van der Waals surface area contributed by atoms with E-state index in [1.165, 1.54) is 26.4 Å². The van der Waals surface area contributed by atoms with Gasteiger partial charge in [-0.1, -0.05) is 0 Å². The molecule has 0 saturated heterocycles. The Labute approximate surface area is 151 Å². The van der Waals surface area contributed by atoms with E-state index in [0.717, 1.165) is 0 Å². The summed E-state index contributed by atoms with van der Waals surface area (Å²) < 4.78 is 43.9. The quantitative estimate of drug-likeness (QED) is 0.826. The van der Waals surface area contributed by atoms with Gasteiger partial charge in [0.15, 0.2) is 6.61 Å². The van der Waals surface area contributed by atoms with E-state index >= 15 is 0 Å². The van der Waals surface area contributed by atoms with Crippen LogP contribution in [-0.4, -0.2) is 35.2 Å². The monoisotopic (exact) mass is 378 g/mol. The summed E-state index contributed by atoms with van der Waals surface area (Å²) in [5, 5.41) is 2.65. The van der Waals surface area contributed by atoms with Gasteiger partial charge in [-0.25, -0.2) is 8.42 Å². The number of fused-ring (bicyclic) bond motifs is 1. The van der Waals surface area contributed by atoms with Crippen molar-refractivity contribution in [1.29, 1.82) is 0 Å². The number of hydrogen-bond acceptors (Lipinski definition) is 6. The number of anilines is 2. The molecule has 0 spiro atoms. The van der Waals surface area contributed by atoms with E-state index in [0.29, 0.717) is 28.5 Å². The van der Waals surface area contributed by atoms with Crippen molar-refractivity contribution in [3.05, 3.63) is 35.9 Å². The Hall–Kier alpha value is -2.94. The van der Waals surface area contributed by atoms with Crippen LogP contribution in [-0.2, 0) is 14.8 Å². The van der Waals surface area contributed by atoms with Gasteiger partial charge in [-0.2, -0.15) is 0 Å². The Morgan fingerprint density at radius 2 is 1.92 bits per heavy atom. The van der Waals surface area contributed by atoms with Crippen LogP contribution in [0.4, 0.5) is 11.4 Å². The van der Waals surface area contributed by atoms with E-state index in [-0.39, 0.29) is 23.1 Å². The molecule has 0 bridgehead atoms. The lowest BCUT2D eigenvalue weighted by molar-refractivity contribution is -0.118. The number of carbonyl (C=O) groups is 1. The Balaban J connectivity index is 2.00. The highest BCUT2D eigenvalue weighted by atomic mass is 32.2. The third-order valence-electron chi connectivity index (χ3n) is 3.85. The third-order valence-corrected chi connectivity index (χ3v) is 5.36. The summed E-state index contributed by atoms with van der Waals surface area (Å²) in [6, 6.07) is 7.75. The van der Waals surface area contributed by atoms with Crippen LogP contribution in [0.15, 0.2) is 35.2 Å². The molecule has 2 aromatic rings. The molecule has 26 heavy (non-hydrogen) atoms. The number of amides is 1. The number of ether oxygens (including phenoxy) is 3. The maximum atomic E-state index is 12.9. The summed E-state index contributed by atoms with van der Waals surface area (Å²) in [5.74, 6) is 0.852. The van der Waals surface area contributed by atoms with Gasteiger partial charge in [0.2, 0.25) is 0 Å². The summed E-state index contributed by atoms with van der Waals surface area (Å²) in [6.45, 7) is 1.48. The number of methoxy groups -OCH3 is 2. The zero-order chi connectivity index (χ0) is 18.9. The first-order chi connectivity index (χ1) is 12.3. The van der Waals surface area contributed by atoms with Crippen LogP contribution in [0.25, 0.3) is 0 Å². The van der Waals surface area contributed by atoms with Gasteiger partial charge in [-0.3, -0.25) is 9.52 Å². The van der Waals surface area contributed by atoms with Gasteiger partial charge in [0.25, 0.3) is 15.9 Å². The molecule has 8 nitrogen and oxygen atoms in total. The second-order valence-electron chi connectivity index (χ2n) is 5.62. The van der Waals surface area contributed by atoms with E-state index in [2.05, 4.69) is 10.0 Å². The largest absolute Gasteiger partial charge is 0.497 e. The fourth-order valence-corrected chi connectivity index (χ4v) is 3.90. The van der Waals surface area contributed by atoms with E-state index in [1.807, 2.05) is 0 Å². The topological polar surface area (TPSA) is 103 Å². The van der Waals surface area contributed by atoms with Gasteiger partial charge >= 0.3 is 0 Å². The Morgan fingerprint density at radius 1 is 1.15 bits per heavy atom. The van der Waals surface area contributed by atoms with Gasteiger partial charge < -0.3 is 19.5 Å². The molecule has 0 aromatic heterocycles. The Kier molecular flexibility index (Phi) is 4.64. The average Bonchev–Trinajstić information content (AvgIpc) is 2.60.